The van der Waals surface area contributed by atoms with Gasteiger partial charge in [-0.3, -0.25) is 4.98 Å². The Morgan fingerprint density at radius 1 is 1.35 bits per heavy atom. The molecule has 3 N–H and O–H groups in total. The highest BCUT2D eigenvalue weighted by atomic mass is 16.5. The van der Waals surface area contributed by atoms with Crippen molar-refractivity contribution in [3.63, 3.8) is 0 Å². The zero-order valence-corrected chi connectivity index (χ0v) is 11.8. The Labute approximate surface area is 119 Å². The van der Waals surface area contributed by atoms with Crippen LogP contribution in [0.5, 0.6) is 5.75 Å². The number of hydrogen-bond acceptors (Lipinski definition) is 4. The molecule has 0 saturated carbocycles. The van der Waals surface area contributed by atoms with E-state index in [9.17, 15) is 5.11 Å². The van der Waals surface area contributed by atoms with Crippen molar-refractivity contribution >= 4 is 0 Å². The van der Waals surface area contributed by atoms with Crippen LogP contribution in [0.15, 0.2) is 42.7 Å². The molecule has 4 nitrogen and oxygen atoms in total. The maximum atomic E-state index is 10.7. The summed E-state index contributed by atoms with van der Waals surface area (Å²) in [6.45, 7) is 2.32. The molecular weight excluding hydrogens is 252 g/mol. The van der Waals surface area contributed by atoms with Crippen molar-refractivity contribution in [3.8, 4) is 5.75 Å². The normalized spacial score (nSPS) is 13.8. The van der Waals surface area contributed by atoms with Crippen LogP contribution >= 0.6 is 0 Å². The van der Waals surface area contributed by atoms with Crippen molar-refractivity contribution in [1.29, 1.82) is 0 Å². The number of rotatable bonds is 5. The van der Waals surface area contributed by atoms with Gasteiger partial charge in [-0.15, -0.1) is 0 Å². The molecule has 4 heteroatoms. The number of nitrogens with two attached hydrogens (primary N) is 1. The Bertz CT molecular complexity index is 558. The lowest BCUT2D eigenvalue weighted by molar-refractivity contribution is 0.143. The van der Waals surface area contributed by atoms with Crippen LogP contribution < -0.4 is 10.5 Å². The largest absolute Gasteiger partial charge is 0.496 e. The van der Waals surface area contributed by atoms with Crippen LogP contribution in [0.4, 0.5) is 0 Å². The van der Waals surface area contributed by atoms with Crippen molar-refractivity contribution < 1.29 is 9.84 Å². The highest BCUT2D eigenvalue weighted by molar-refractivity contribution is 5.40. The fraction of sp³-hybridized carbons (Fsp3) is 0.312. The molecule has 0 aliphatic carbocycles. The molecule has 20 heavy (non-hydrogen) atoms. The molecule has 1 aromatic heterocycles. The Kier molecular flexibility index (Phi) is 4.71. The fourth-order valence-corrected chi connectivity index (χ4v) is 2.34. The van der Waals surface area contributed by atoms with Crippen molar-refractivity contribution in [2.45, 2.75) is 18.9 Å². The molecule has 106 valence electrons. The summed E-state index contributed by atoms with van der Waals surface area (Å²) in [6.07, 6.45) is 2.72. The number of aryl methyl sites for hydroxylation is 1. The van der Waals surface area contributed by atoms with E-state index in [-0.39, 0.29) is 5.92 Å². The van der Waals surface area contributed by atoms with Crippen LogP contribution in [0, 0.1) is 6.92 Å². The summed E-state index contributed by atoms with van der Waals surface area (Å²) in [5.74, 6) is 0.463. The van der Waals surface area contributed by atoms with Gasteiger partial charge in [-0.2, -0.15) is 0 Å². The van der Waals surface area contributed by atoms with Crippen LogP contribution in [-0.4, -0.2) is 23.7 Å². The Morgan fingerprint density at radius 2 is 2.15 bits per heavy atom. The maximum Gasteiger partial charge on any atom is 0.124 e. The Hall–Kier alpha value is -1.91. The first-order chi connectivity index (χ1) is 9.67. The fourth-order valence-electron chi connectivity index (χ4n) is 2.34. The molecule has 0 spiro atoms. The van der Waals surface area contributed by atoms with Crippen molar-refractivity contribution in [2.75, 3.05) is 13.7 Å². The minimum absolute atomic E-state index is 0.209. The van der Waals surface area contributed by atoms with Gasteiger partial charge < -0.3 is 15.6 Å². The lowest BCUT2D eigenvalue weighted by Gasteiger charge is -2.24. The van der Waals surface area contributed by atoms with Crippen LogP contribution in [0.2, 0.25) is 0 Å². The first-order valence-corrected chi connectivity index (χ1v) is 6.60. The first-order valence-electron chi connectivity index (χ1n) is 6.60. The zero-order chi connectivity index (χ0) is 14.5. The van der Waals surface area contributed by atoms with Crippen LogP contribution in [0.25, 0.3) is 0 Å². The third-order valence-electron chi connectivity index (χ3n) is 3.45. The number of nitrogens with zero attached hydrogens (tertiary/aromatic N) is 1. The Balaban J connectivity index is 2.38. The number of ether oxygens (including phenoxy) is 1. The average molecular weight is 272 g/mol. The second-order valence-corrected chi connectivity index (χ2v) is 4.82. The number of aliphatic hydroxyl groups is 1. The molecule has 0 bridgehead atoms. The van der Waals surface area contributed by atoms with E-state index in [1.54, 1.807) is 19.5 Å². The van der Waals surface area contributed by atoms with E-state index in [1.165, 1.54) is 0 Å². The van der Waals surface area contributed by atoms with E-state index in [0.717, 1.165) is 16.7 Å². The number of aliphatic hydroxyl groups excluding tert-OH is 1. The summed E-state index contributed by atoms with van der Waals surface area (Å²) in [4.78, 5) is 4.09. The van der Waals surface area contributed by atoms with Gasteiger partial charge in [-0.25, -0.2) is 0 Å². The third kappa shape index (κ3) is 2.98. The van der Waals surface area contributed by atoms with Gasteiger partial charge in [0.25, 0.3) is 0 Å². The summed E-state index contributed by atoms with van der Waals surface area (Å²) in [7, 11) is 1.60. The number of pyridine rings is 1. The topological polar surface area (TPSA) is 68.4 Å². The molecule has 2 rings (SSSR count). The summed E-state index contributed by atoms with van der Waals surface area (Å²) >= 11 is 0. The van der Waals surface area contributed by atoms with E-state index in [0.29, 0.717) is 12.3 Å². The highest BCUT2D eigenvalue weighted by Crippen LogP contribution is 2.35. The third-order valence-corrected chi connectivity index (χ3v) is 3.45. The summed E-state index contributed by atoms with van der Waals surface area (Å²) < 4.78 is 5.34. The summed E-state index contributed by atoms with van der Waals surface area (Å²) in [5.41, 5.74) is 8.59. The predicted octanol–water partition coefficient (Wildman–Crippen LogP) is 2.17. The van der Waals surface area contributed by atoms with Gasteiger partial charge >= 0.3 is 0 Å². The monoisotopic (exact) mass is 272 g/mol. The molecule has 0 amide bonds. The minimum Gasteiger partial charge on any atom is -0.496 e. The van der Waals surface area contributed by atoms with Crippen LogP contribution in [0.1, 0.15) is 28.7 Å². The lowest BCUT2D eigenvalue weighted by atomic mass is 9.89. The van der Waals surface area contributed by atoms with E-state index >= 15 is 0 Å². The molecule has 0 aliphatic rings. The second-order valence-electron chi connectivity index (χ2n) is 4.82. The van der Waals surface area contributed by atoms with Crippen molar-refractivity contribution in [1.82, 2.24) is 4.98 Å². The number of methoxy groups -OCH3 is 1. The summed E-state index contributed by atoms with van der Waals surface area (Å²) in [6, 6.07) is 9.53. The second kappa shape index (κ2) is 6.50. The molecule has 0 radical (unpaired) electrons. The van der Waals surface area contributed by atoms with Gasteiger partial charge in [0.1, 0.15) is 5.75 Å². The lowest BCUT2D eigenvalue weighted by Crippen LogP contribution is -2.20. The predicted molar refractivity (Wildman–Crippen MR) is 78.7 cm³/mol. The Morgan fingerprint density at radius 3 is 2.75 bits per heavy atom. The van der Waals surface area contributed by atoms with E-state index in [1.807, 2.05) is 37.3 Å². The van der Waals surface area contributed by atoms with Gasteiger partial charge in [-0.1, -0.05) is 17.7 Å². The molecular formula is C16H20N2O2. The molecule has 2 atom stereocenters. The van der Waals surface area contributed by atoms with Crippen molar-refractivity contribution in [3.05, 3.63) is 59.4 Å². The highest BCUT2D eigenvalue weighted by Gasteiger charge is 2.24. The molecule has 0 aliphatic heterocycles. The first kappa shape index (κ1) is 14.5. The van der Waals surface area contributed by atoms with E-state index < -0.39 is 6.10 Å². The number of hydrogen-bond donors (Lipinski definition) is 2. The average Bonchev–Trinajstić information content (AvgIpc) is 2.49. The standard InChI is InChI=1S/C16H20N2O2/c1-11-5-6-15(20-2)13(8-11)16(19)14(9-17)12-4-3-7-18-10-12/h3-8,10,14,16,19H,9,17H2,1-2H3. The number of benzene rings is 1. The van der Waals surface area contributed by atoms with Crippen LogP contribution in [-0.2, 0) is 0 Å². The molecule has 0 fully saturated rings. The molecule has 0 saturated heterocycles. The van der Waals surface area contributed by atoms with Gasteiger partial charge in [0, 0.05) is 30.4 Å². The van der Waals surface area contributed by atoms with E-state index in [2.05, 4.69) is 4.98 Å². The van der Waals surface area contributed by atoms with Gasteiger partial charge in [-0.05, 0) is 30.7 Å². The SMILES string of the molecule is COc1ccc(C)cc1C(O)C(CN)c1cccnc1. The van der Waals surface area contributed by atoms with E-state index in [4.69, 9.17) is 10.5 Å². The molecule has 2 unspecified atom stereocenters. The number of aromatic nitrogens is 1. The quantitative estimate of drug-likeness (QED) is 0.875. The van der Waals surface area contributed by atoms with Gasteiger partial charge in [0.15, 0.2) is 0 Å². The maximum absolute atomic E-state index is 10.7. The molecule has 2 aromatic rings. The van der Waals surface area contributed by atoms with Crippen molar-refractivity contribution in [2.24, 2.45) is 5.73 Å². The van der Waals surface area contributed by atoms with Gasteiger partial charge in [0.2, 0.25) is 0 Å². The zero-order valence-electron chi connectivity index (χ0n) is 11.8. The molecule has 1 aromatic carbocycles. The summed E-state index contributed by atoms with van der Waals surface area (Å²) in [5, 5.41) is 10.7. The smallest absolute Gasteiger partial charge is 0.124 e. The minimum atomic E-state index is -0.723. The molecule has 1 heterocycles. The van der Waals surface area contributed by atoms with Crippen LogP contribution in [0.3, 0.4) is 0 Å². The van der Waals surface area contributed by atoms with Gasteiger partial charge in [0.05, 0.1) is 13.2 Å².